The highest BCUT2D eigenvalue weighted by Crippen LogP contribution is 2.28. The van der Waals surface area contributed by atoms with Gasteiger partial charge in [0.2, 0.25) is 6.41 Å². The summed E-state index contributed by atoms with van der Waals surface area (Å²) in [6, 6.07) is 1.49. The van der Waals surface area contributed by atoms with Gasteiger partial charge in [0, 0.05) is 32.6 Å². The fraction of sp³-hybridized carbons (Fsp3) is 0.478. The van der Waals surface area contributed by atoms with E-state index >= 15 is 0 Å². The second-order valence-corrected chi connectivity index (χ2v) is 8.27. The van der Waals surface area contributed by atoms with Gasteiger partial charge in [-0.05, 0) is 12.1 Å². The number of amides is 4. The van der Waals surface area contributed by atoms with E-state index in [0.29, 0.717) is 43.8 Å². The summed E-state index contributed by atoms with van der Waals surface area (Å²) in [5, 5.41) is 7.32. The molecule has 38 heavy (non-hydrogen) atoms. The van der Waals surface area contributed by atoms with Crippen molar-refractivity contribution in [2.75, 3.05) is 39.1 Å². The van der Waals surface area contributed by atoms with Gasteiger partial charge in [-0.3, -0.25) is 19.1 Å². The van der Waals surface area contributed by atoms with Crippen molar-refractivity contribution in [2.45, 2.75) is 39.8 Å². The topological polar surface area (TPSA) is 100 Å². The van der Waals surface area contributed by atoms with Crippen LogP contribution < -0.4 is 5.32 Å². The van der Waals surface area contributed by atoms with Gasteiger partial charge in [0.05, 0.1) is 37.6 Å². The smallest absolute Gasteiger partial charge is 0.322 e. The molecule has 1 N–H and O–H groups in total. The molecule has 1 aromatic carbocycles. The Morgan fingerprint density at radius 3 is 2.58 bits per heavy atom. The van der Waals surface area contributed by atoms with Crippen LogP contribution in [0.2, 0.25) is 5.02 Å². The highest BCUT2D eigenvalue weighted by Gasteiger charge is 2.33. The Morgan fingerprint density at radius 1 is 1.29 bits per heavy atom. The van der Waals surface area contributed by atoms with E-state index in [0.717, 1.165) is 27.8 Å². The predicted octanol–water partition coefficient (Wildman–Crippen LogP) is 3.79. The number of hydroxylamine groups is 2. The van der Waals surface area contributed by atoms with Crippen LogP contribution in [0.5, 0.6) is 0 Å². The summed E-state index contributed by atoms with van der Waals surface area (Å²) < 4.78 is 51.5. The molecule has 4 rings (SSSR count). The van der Waals surface area contributed by atoms with Crippen LogP contribution in [0.15, 0.2) is 12.1 Å². The molecule has 0 radical (unpaired) electrons. The first-order valence-electron chi connectivity index (χ1n) is 11.7. The quantitative estimate of drug-likeness (QED) is 0.346. The van der Waals surface area contributed by atoms with Gasteiger partial charge in [-0.2, -0.15) is 5.10 Å². The number of urea groups is 1. The number of halogens is 5. The number of carbonyl (C=O) groups excluding carboxylic acids is 3. The van der Waals surface area contributed by atoms with Gasteiger partial charge in [-0.1, -0.05) is 25.4 Å². The summed E-state index contributed by atoms with van der Waals surface area (Å²) in [5.74, 6) is -2.29. The lowest BCUT2D eigenvalue weighted by Gasteiger charge is -2.27. The number of carbonyl (C=O) groups is 3. The summed E-state index contributed by atoms with van der Waals surface area (Å²) in [6.07, 6.45) is -1.61. The lowest BCUT2D eigenvalue weighted by molar-refractivity contribution is -0.118. The van der Waals surface area contributed by atoms with Crippen molar-refractivity contribution in [3.05, 3.63) is 45.7 Å². The van der Waals surface area contributed by atoms with Crippen molar-refractivity contribution in [1.82, 2.24) is 24.6 Å². The van der Waals surface area contributed by atoms with E-state index in [4.69, 9.17) is 16.4 Å². The molecule has 2 aromatic rings. The lowest BCUT2D eigenvalue weighted by Crippen LogP contribution is -2.39. The van der Waals surface area contributed by atoms with Crippen LogP contribution in [-0.4, -0.2) is 83.2 Å². The van der Waals surface area contributed by atoms with Crippen molar-refractivity contribution >= 4 is 35.6 Å². The molecule has 2 aliphatic rings. The molecule has 0 saturated carbocycles. The van der Waals surface area contributed by atoms with E-state index in [9.17, 15) is 31.9 Å². The summed E-state index contributed by atoms with van der Waals surface area (Å²) in [6.45, 7) is 4.72. The molecule has 0 fully saturated rings. The number of fused-ring (bicyclic) bond motifs is 3. The van der Waals surface area contributed by atoms with Crippen molar-refractivity contribution in [2.24, 2.45) is 0 Å². The van der Waals surface area contributed by atoms with Gasteiger partial charge in [0.1, 0.15) is 16.5 Å². The molecular formula is C23H29ClF4N6O4. The molecule has 1 aromatic heterocycles. The maximum absolute atomic E-state index is 14.1. The minimum absolute atomic E-state index is 0.132. The van der Waals surface area contributed by atoms with Gasteiger partial charge in [0.25, 0.3) is 12.3 Å². The molecule has 0 spiro atoms. The third-order valence-corrected chi connectivity index (χ3v) is 5.69. The van der Waals surface area contributed by atoms with E-state index < -0.39 is 35.7 Å². The first-order valence-corrected chi connectivity index (χ1v) is 12.0. The van der Waals surface area contributed by atoms with E-state index in [-0.39, 0.29) is 18.1 Å². The van der Waals surface area contributed by atoms with Gasteiger partial charge in [-0.15, -0.1) is 0 Å². The van der Waals surface area contributed by atoms with E-state index in [1.54, 1.807) is 4.68 Å². The Morgan fingerprint density at radius 2 is 1.97 bits per heavy atom. The number of aromatic nitrogens is 2. The monoisotopic (exact) mass is 564 g/mol. The third kappa shape index (κ3) is 7.34. The number of hydrogen-bond donors (Lipinski definition) is 1. The second-order valence-electron chi connectivity index (χ2n) is 7.89. The van der Waals surface area contributed by atoms with Crippen molar-refractivity contribution in [3.8, 4) is 0 Å². The molecule has 2 aliphatic heterocycles. The van der Waals surface area contributed by atoms with Crippen molar-refractivity contribution < 1.29 is 36.8 Å². The van der Waals surface area contributed by atoms with Crippen LogP contribution in [0.4, 0.5) is 28.0 Å². The number of hydrogen-bond acceptors (Lipinski definition) is 5. The normalized spacial score (nSPS) is 14.3. The molecule has 0 unspecified atom stereocenters. The molecule has 210 valence electrons. The molecule has 0 bridgehead atoms. The SMILES string of the molecule is CC.CN(C=O)CC(F)F.CN1OCCn2nc3c(c2C1=O)CN(C(=O)Nc1ccc(F)c(Cl)c1F)CC3. The minimum Gasteiger partial charge on any atom is -0.343 e. The van der Waals surface area contributed by atoms with Crippen LogP contribution in [0.3, 0.4) is 0 Å². The average molecular weight is 565 g/mol. The van der Waals surface area contributed by atoms with Crippen LogP contribution in [0.1, 0.15) is 35.6 Å². The van der Waals surface area contributed by atoms with Gasteiger partial charge >= 0.3 is 6.03 Å². The minimum atomic E-state index is -2.43. The maximum atomic E-state index is 14.1. The fourth-order valence-corrected chi connectivity index (χ4v) is 3.72. The standard InChI is InChI=1S/C17H16ClF2N5O3.C4H7F2NO.C2H6/c1-23-16(26)15-9-8-24(5-4-11(9)22-25(15)6-7-28-23)17(27)21-12-3-2-10(19)13(18)14(12)20;1-7(3-8)2-4(5)6;1-2/h2-3H,4-8H2,1H3,(H,21,27);3-4H,2H2,1H3;1-2H3. The highest BCUT2D eigenvalue weighted by atomic mass is 35.5. The first-order chi connectivity index (χ1) is 18.0. The number of nitrogens with zero attached hydrogens (tertiary/aromatic N) is 5. The lowest BCUT2D eigenvalue weighted by atomic mass is 10.1. The largest absolute Gasteiger partial charge is 0.343 e. The Balaban J connectivity index is 0.000000437. The molecule has 0 saturated heterocycles. The van der Waals surface area contributed by atoms with Gasteiger partial charge in [0.15, 0.2) is 5.82 Å². The highest BCUT2D eigenvalue weighted by molar-refractivity contribution is 6.31. The molecule has 15 heteroatoms. The zero-order valence-corrected chi connectivity index (χ0v) is 22.1. The van der Waals surface area contributed by atoms with Crippen LogP contribution >= 0.6 is 11.6 Å². The van der Waals surface area contributed by atoms with Crippen molar-refractivity contribution in [1.29, 1.82) is 0 Å². The number of rotatable bonds is 4. The summed E-state index contributed by atoms with van der Waals surface area (Å²) in [5.41, 5.74) is 1.55. The molecule has 0 atom stereocenters. The van der Waals surface area contributed by atoms with E-state index in [2.05, 4.69) is 10.4 Å². The third-order valence-electron chi connectivity index (χ3n) is 5.35. The van der Waals surface area contributed by atoms with Gasteiger partial charge in [-0.25, -0.2) is 27.4 Å². The van der Waals surface area contributed by atoms with Crippen molar-refractivity contribution in [3.63, 3.8) is 0 Å². The van der Waals surface area contributed by atoms with E-state index in [1.165, 1.54) is 19.0 Å². The molecule has 3 heterocycles. The van der Waals surface area contributed by atoms with Gasteiger partial charge < -0.3 is 15.1 Å². The first kappa shape index (κ1) is 30.8. The number of benzene rings is 1. The van der Waals surface area contributed by atoms with Crippen LogP contribution in [0, 0.1) is 11.6 Å². The molecule has 4 amide bonds. The van der Waals surface area contributed by atoms with Crippen LogP contribution in [0.25, 0.3) is 0 Å². The fourth-order valence-electron chi connectivity index (χ4n) is 3.55. The summed E-state index contributed by atoms with van der Waals surface area (Å²) >= 11 is 5.55. The predicted molar refractivity (Wildman–Crippen MR) is 131 cm³/mol. The Bertz CT molecular complexity index is 1150. The molecule has 0 aliphatic carbocycles. The summed E-state index contributed by atoms with van der Waals surface area (Å²) in [7, 11) is 2.82. The second kappa shape index (κ2) is 14.0. The number of alkyl halides is 2. The summed E-state index contributed by atoms with van der Waals surface area (Å²) in [4.78, 5) is 42.4. The maximum Gasteiger partial charge on any atom is 0.322 e. The number of nitrogens with one attached hydrogen (secondary N) is 1. The molecule has 10 nitrogen and oxygen atoms in total. The Kier molecular flexibility index (Phi) is 11.3. The molecular weight excluding hydrogens is 536 g/mol. The Labute approximate surface area is 222 Å². The number of anilines is 1. The zero-order chi connectivity index (χ0) is 28.6. The van der Waals surface area contributed by atoms with E-state index in [1.807, 2.05) is 13.8 Å². The Hall–Kier alpha value is -3.39. The zero-order valence-electron chi connectivity index (χ0n) is 21.3. The average Bonchev–Trinajstić information content (AvgIpc) is 3.20. The van der Waals surface area contributed by atoms with Crippen LogP contribution in [-0.2, 0) is 29.1 Å².